The number of benzene rings is 1. The van der Waals surface area contributed by atoms with Crippen molar-refractivity contribution in [2.45, 2.75) is 19.1 Å². The van der Waals surface area contributed by atoms with E-state index in [-0.39, 0.29) is 0 Å². The number of rotatable bonds is 5. The van der Waals surface area contributed by atoms with Crippen LogP contribution in [0.25, 0.3) is 0 Å². The molecule has 1 saturated heterocycles. The fraction of sp³-hybridized carbons (Fsp3) is 0.625. The fourth-order valence-corrected chi connectivity index (χ4v) is 3.30. The lowest BCUT2D eigenvalue weighted by Crippen LogP contribution is -2.37. The number of hydrogen-bond acceptors (Lipinski definition) is 4. The van der Waals surface area contributed by atoms with E-state index >= 15 is 0 Å². The smallest absolute Gasteiger partial charge is 0.401 e. The van der Waals surface area contributed by atoms with E-state index < -0.39 is 12.7 Å². The molecule has 1 fully saturated rings. The van der Waals surface area contributed by atoms with Crippen LogP contribution < -0.4 is 9.47 Å². The summed E-state index contributed by atoms with van der Waals surface area (Å²) < 4.78 is 49.1. The van der Waals surface area contributed by atoms with Crippen molar-refractivity contribution in [3.05, 3.63) is 22.2 Å². The van der Waals surface area contributed by atoms with Crippen LogP contribution in [0.2, 0.25) is 0 Å². The van der Waals surface area contributed by atoms with Gasteiger partial charge in [-0.25, -0.2) is 0 Å². The third-order valence-electron chi connectivity index (χ3n) is 4.03. The molecule has 0 aliphatic carbocycles. The van der Waals surface area contributed by atoms with Crippen LogP contribution in [0.4, 0.5) is 13.2 Å². The molecule has 0 amide bonds. The third-order valence-corrected chi connectivity index (χ3v) is 4.77. The minimum atomic E-state index is -4.14. The maximum absolute atomic E-state index is 12.5. The standard InChI is InChI=1S/C16H22BrF3N2O2/c1-23-14-8-12(13(17)9-15(14)24-2)10-21-4-3-5-22(7-6-21)11-16(18,19)20/h8-9H,3-7,10-11H2,1-2H3. The Labute approximate surface area is 148 Å². The van der Waals surface area contributed by atoms with Gasteiger partial charge in [0.25, 0.3) is 0 Å². The lowest BCUT2D eigenvalue weighted by Gasteiger charge is -2.23. The summed E-state index contributed by atoms with van der Waals surface area (Å²) in [4.78, 5) is 3.64. The molecule has 1 aliphatic rings. The Morgan fingerprint density at radius 3 is 2.21 bits per heavy atom. The zero-order valence-electron chi connectivity index (χ0n) is 13.8. The maximum Gasteiger partial charge on any atom is 0.401 e. The largest absolute Gasteiger partial charge is 0.493 e. The molecule has 1 aromatic carbocycles. The molecule has 0 unspecified atom stereocenters. The van der Waals surface area contributed by atoms with Crippen molar-refractivity contribution in [3.63, 3.8) is 0 Å². The van der Waals surface area contributed by atoms with Crippen molar-refractivity contribution in [3.8, 4) is 11.5 Å². The van der Waals surface area contributed by atoms with E-state index in [1.165, 1.54) is 4.90 Å². The van der Waals surface area contributed by atoms with Gasteiger partial charge in [-0.15, -0.1) is 0 Å². The predicted molar refractivity (Wildman–Crippen MR) is 89.6 cm³/mol. The van der Waals surface area contributed by atoms with Gasteiger partial charge >= 0.3 is 6.18 Å². The van der Waals surface area contributed by atoms with E-state index in [0.29, 0.717) is 37.7 Å². The molecule has 1 aliphatic heterocycles. The van der Waals surface area contributed by atoms with E-state index in [4.69, 9.17) is 9.47 Å². The summed E-state index contributed by atoms with van der Waals surface area (Å²) >= 11 is 3.53. The molecule has 0 spiro atoms. The van der Waals surface area contributed by atoms with E-state index in [2.05, 4.69) is 20.8 Å². The number of ether oxygens (including phenoxy) is 2. The van der Waals surface area contributed by atoms with E-state index in [1.807, 2.05) is 12.1 Å². The normalized spacial score (nSPS) is 17.6. The highest BCUT2D eigenvalue weighted by Gasteiger charge is 2.31. The summed E-state index contributed by atoms with van der Waals surface area (Å²) in [6.07, 6.45) is -3.41. The second-order valence-corrected chi connectivity index (χ2v) is 6.67. The summed E-state index contributed by atoms with van der Waals surface area (Å²) in [7, 11) is 3.16. The molecule has 0 atom stereocenters. The van der Waals surface area contributed by atoms with Crippen molar-refractivity contribution in [2.24, 2.45) is 0 Å². The van der Waals surface area contributed by atoms with Crippen LogP contribution in [0, 0.1) is 0 Å². The third kappa shape index (κ3) is 5.53. The van der Waals surface area contributed by atoms with Gasteiger partial charge in [-0.05, 0) is 37.2 Å². The molecular weight excluding hydrogens is 389 g/mol. The van der Waals surface area contributed by atoms with Crippen LogP contribution in [-0.2, 0) is 6.54 Å². The van der Waals surface area contributed by atoms with Gasteiger partial charge in [0.2, 0.25) is 0 Å². The number of alkyl halides is 3. The minimum Gasteiger partial charge on any atom is -0.493 e. The van der Waals surface area contributed by atoms with Crippen LogP contribution in [-0.4, -0.2) is 62.9 Å². The quantitative estimate of drug-likeness (QED) is 0.740. The first-order valence-electron chi connectivity index (χ1n) is 7.74. The van der Waals surface area contributed by atoms with E-state index in [0.717, 1.165) is 23.0 Å². The van der Waals surface area contributed by atoms with Gasteiger partial charge in [0, 0.05) is 24.1 Å². The Morgan fingerprint density at radius 1 is 1.00 bits per heavy atom. The van der Waals surface area contributed by atoms with Crippen molar-refractivity contribution < 1.29 is 22.6 Å². The first-order chi connectivity index (χ1) is 11.3. The van der Waals surface area contributed by atoms with Crippen LogP contribution in [0.1, 0.15) is 12.0 Å². The molecule has 2 rings (SSSR count). The number of halogens is 4. The Bertz CT molecular complexity index is 555. The highest BCUT2D eigenvalue weighted by atomic mass is 79.9. The van der Waals surface area contributed by atoms with Crippen molar-refractivity contribution in [1.29, 1.82) is 0 Å². The topological polar surface area (TPSA) is 24.9 Å². The first-order valence-corrected chi connectivity index (χ1v) is 8.53. The van der Waals surface area contributed by atoms with Crippen LogP contribution in [0.5, 0.6) is 11.5 Å². The van der Waals surface area contributed by atoms with Crippen LogP contribution >= 0.6 is 15.9 Å². The van der Waals surface area contributed by atoms with Crippen molar-refractivity contribution in [1.82, 2.24) is 9.80 Å². The molecule has 0 bridgehead atoms. The fourth-order valence-electron chi connectivity index (χ4n) is 2.85. The van der Waals surface area contributed by atoms with Gasteiger partial charge in [0.15, 0.2) is 11.5 Å². The van der Waals surface area contributed by atoms with Gasteiger partial charge in [-0.2, -0.15) is 13.2 Å². The van der Waals surface area contributed by atoms with E-state index in [9.17, 15) is 13.2 Å². The monoisotopic (exact) mass is 410 g/mol. The second kappa shape index (κ2) is 8.40. The zero-order chi connectivity index (χ0) is 17.7. The summed E-state index contributed by atoms with van der Waals surface area (Å²) in [6, 6.07) is 3.75. The molecule has 0 radical (unpaired) electrons. The lowest BCUT2D eigenvalue weighted by atomic mass is 10.2. The molecule has 136 valence electrons. The second-order valence-electron chi connectivity index (χ2n) is 5.82. The summed E-state index contributed by atoms with van der Waals surface area (Å²) in [5, 5.41) is 0. The Hall–Kier alpha value is -0.990. The molecule has 1 heterocycles. The van der Waals surface area contributed by atoms with Gasteiger partial charge < -0.3 is 9.47 Å². The molecule has 0 aromatic heterocycles. The molecule has 4 nitrogen and oxygen atoms in total. The number of nitrogens with zero attached hydrogens (tertiary/aromatic N) is 2. The van der Waals surface area contributed by atoms with Crippen LogP contribution in [0.3, 0.4) is 0 Å². The Balaban J connectivity index is 2.01. The van der Waals surface area contributed by atoms with Gasteiger partial charge in [0.1, 0.15) is 0 Å². The van der Waals surface area contributed by atoms with E-state index in [1.54, 1.807) is 14.2 Å². The molecular formula is C16H22BrF3N2O2. The number of hydrogen-bond donors (Lipinski definition) is 0. The molecule has 0 N–H and O–H groups in total. The van der Waals surface area contributed by atoms with Crippen molar-refractivity contribution in [2.75, 3.05) is 46.9 Å². The Morgan fingerprint density at radius 2 is 1.58 bits per heavy atom. The lowest BCUT2D eigenvalue weighted by molar-refractivity contribution is -0.145. The predicted octanol–water partition coefficient (Wildman–Crippen LogP) is 3.54. The van der Waals surface area contributed by atoms with Gasteiger partial charge in [-0.1, -0.05) is 15.9 Å². The average molecular weight is 411 g/mol. The molecule has 24 heavy (non-hydrogen) atoms. The highest BCUT2D eigenvalue weighted by molar-refractivity contribution is 9.10. The number of methoxy groups -OCH3 is 2. The summed E-state index contributed by atoms with van der Waals surface area (Å²) in [6.45, 7) is 2.10. The first kappa shape index (κ1) is 19.3. The average Bonchev–Trinajstić information content (AvgIpc) is 2.72. The maximum atomic E-state index is 12.5. The zero-order valence-corrected chi connectivity index (χ0v) is 15.4. The van der Waals surface area contributed by atoms with Crippen LogP contribution in [0.15, 0.2) is 16.6 Å². The molecule has 0 saturated carbocycles. The molecule has 1 aromatic rings. The summed E-state index contributed by atoms with van der Waals surface area (Å²) in [5.74, 6) is 1.28. The highest BCUT2D eigenvalue weighted by Crippen LogP contribution is 2.34. The van der Waals surface area contributed by atoms with Crippen molar-refractivity contribution >= 4 is 15.9 Å². The Kier molecular flexibility index (Phi) is 6.77. The van der Waals surface area contributed by atoms with Gasteiger partial charge in [-0.3, -0.25) is 9.80 Å². The SMILES string of the molecule is COc1cc(Br)c(CN2CCCN(CC(F)(F)F)CC2)cc1OC. The minimum absolute atomic E-state index is 0.421. The summed E-state index contributed by atoms with van der Waals surface area (Å²) in [5.41, 5.74) is 1.02. The molecule has 8 heteroatoms. The van der Waals surface area contributed by atoms with Gasteiger partial charge in [0.05, 0.1) is 20.8 Å².